The summed E-state index contributed by atoms with van der Waals surface area (Å²) in [6, 6.07) is 6.67. The SMILES string of the molecule is CCOc1ccccc1C(O)C(O)C(=O)OC. The first-order chi connectivity index (χ1) is 8.11. The number of aliphatic hydroxyl groups excluding tert-OH is 2. The first-order valence-corrected chi connectivity index (χ1v) is 5.27. The minimum Gasteiger partial charge on any atom is -0.493 e. The molecule has 1 aromatic carbocycles. The second-order valence-electron chi connectivity index (χ2n) is 3.38. The lowest BCUT2D eigenvalue weighted by atomic mass is 10.0. The van der Waals surface area contributed by atoms with Crippen molar-refractivity contribution in [3.05, 3.63) is 29.8 Å². The van der Waals surface area contributed by atoms with Gasteiger partial charge in [0.25, 0.3) is 0 Å². The summed E-state index contributed by atoms with van der Waals surface area (Å²) in [5.74, 6) is -0.450. The standard InChI is InChI=1S/C12H16O5/c1-3-17-9-7-5-4-6-8(9)10(13)11(14)12(15)16-2/h4-7,10-11,13-14H,3H2,1-2H3. The molecule has 0 spiro atoms. The fourth-order valence-corrected chi connectivity index (χ4v) is 1.43. The van der Waals surface area contributed by atoms with Crippen molar-refractivity contribution in [1.82, 2.24) is 0 Å². The number of para-hydroxylation sites is 1. The summed E-state index contributed by atoms with van der Waals surface area (Å²) in [7, 11) is 1.15. The highest BCUT2D eigenvalue weighted by atomic mass is 16.5. The van der Waals surface area contributed by atoms with Gasteiger partial charge in [-0.3, -0.25) is 0 Å². The van der Waals surface area contributed by atoms with Crippen LogP contribution in [0.2, 0.25) is 0 Å². The van der Waals surface area contributed by atoms with E-state index in [4.69, 9.17) is 4.74 Å². The van der Waals surface area contributed by atoms with Crippen LogP contribution in [-0.4, -0.2) is 36.0 Å². The van der Waals surface area contributed by atoms with Crippen molar-refractivity contribution in [2.24, 2.45) is 0 Å². The van der Waals surface area contributed by atoms with Crippen LogP contribution < -0.4 is 4.74 Å². The molecule has 0 aromatic heterocycles. The fourth-order valence-electron chi connectivity index (χ4n) is 1.43. The fraction of sp³-hybridized carbons (Fsp3) is 0.417. The number of hydrogen-bond acceptors (Lipinski definition) is 5. The van der Waals surface area contributed by atoms with Gasteiger partial charge in [0.1, 0.15) is 11.9 Å². The van der Waals surface area contributed by atoms with E-state index in [2.05, 4.69) is 4.74 Å². The van der Waals surface area contributed by atoms with Gasteiger partial charge in [0.2, 0.25) is 0 Å². The number of esters is 1. The van der Waals surface area contributed by atoms with Crippen molar-refractivity contribution in [2.75, 3.05) is 13.7 Å². The zero-order valence-corrected chi connectivity index (χ0v) is 9.79. The number of aliphatic hydroxyl groups is 2. The number of ether oxygens (including phenoxy) is 2. The average molecular weight is 240 g/mol. The van der Waals surface area contributed by atoms with E-state index in [-0.39, 0.29) is 0 Å². The zero-order chi connectivity index (χ0) is 12.8. The normalized spacial score (nSPS) is 13.9. The Kier molecular flexibility index (Phi) is 4.93. The smallest absolute Gasteiger partial charge is 0.337 e. The number of carbonyl (C=O) groups excluding carboxylic acids is 1. The quantitative estimate of drug-likeness (QED) is 0.739. The van der Waals surface area contributed by atoms with Gasteiger partial charge < -0.3 is 19.7 Å². The van der Waals surface area contributed by atoms with Gasteiger partial charge >= 0.3 is 5.97 Å². The second kappa shape index (κ2) is 6.22. The van der Waals surface area contributed by atoms with E-state index < -0.39 is 18.2 Å². The van der Waals surface area contributed by atoms with Gasteiger partial charge in [-0.05, 0) is 13.0 Å². The van der Waals surface area contributed by atoms with Gasteiger partial charge in [-0.15, -0.1) is 0 Å². The van der Waals surface area contributed by atoms with E-state index in [9.17, 15) is 15.0 Å². The topological polar surface area (TPSA) is 76.0 Å². The second-order valence-corrected chi connectivity index (χ2v) is 3.38. The first-order valence-electron chi connectivity index (χ1n) is 5.27. The molecule has 0 saturated carbocycles. The van der Waals surface area contributed by atoms with E-state index in [0.29, 0.717) is 17.9 Å². The molecule has 0 fully saturated rings. The third-order valence-electron chi connectivity index (χ3n) is 2.28. The van der Waals surface area contributed by atoms with Crippen LogP contribution in [0.4, 0.5) is 0 Å². The Morgan fingerprint density at radius 3 is 2.59 bits per heavy atom. The Balaban J connectivity index is 2.94. The van der Waals surface area contributed by atoms with Gasteiger partial charge in [0.15, 0.2) is 6.10 Å². The maximum absolute atomic E-state index is 11.1. The molecule has 0 bridgehead atoms. The summed E-state index contributed by atoms with van der Waals surface area (Å²) in [6.07, 6.45) is -2.99. The molecule has 94 valence electrons. The molecule has 1 aromatic rings. The van der Waals surface area contributed by atoms with Crippen molar-refractivity contribution in [3.63, 3.8) is 0 Å². The number of rotatable bonds is 5. The molecule has 5 nitrogen and oxygen atoms in total. The predicted molar refractivity (Wildman–Crippen MR) is 60.6 cm³/mol. The van der Waals surface area contributed by atoms with E-state index in [1.165, 1.54) is 0 Å². The van der Waals surface area contributed by atoms with Crippen LogP contribution in [0.25, 0.3) is 0 Å². The maximum atomic E-state index is 11.1. The van der Waals surface area contributed by atoms with E-state index >= 15 is 0 Å². The highest BCUT2D eigenvalue weighted by Gasteiger charge is 2.28. The first kappa shape index (κ1) is 13.5. The summed E-state index contributed by atoms with van der Waals surface area (Å²) in [5, 5.41) is 19.4. The van der Waals surface area contributed by atoms with E-state index in [0.717, 1.165) is 7.11 Å². The third kappa shape index (κ3) is 3.18. The van der Waals surface area contributed by atoms with E-state index in [1.54, 1.807) is 31.2 Å². The lowest BCUT2D eigenvalue weighted by Crippen LogP contribution is -2.29. The minimum absolute atomic E-state index is 0.354. The predicted octanol–water partition coefficient (Wildman–Crippen LogP) is 0.653. The van der Waals surface area contributed by atoms with Gasteiger partial charge in [0, 0.05) is 5.56 Å². The highest BCUT2D eigenvalue weighted by molar-refractivity contribution is 5.75. The summed E-state index contributed by atoms with van der Waals surface area (Å²) in [6.45, 7) is 2.23. The third-order valence-corrected chi connectivity index (χ3v) is 2.28. The molecule has 0 aliphatic carbocycles. The molecular weight excluding hydrogens is 224 g/mol. The molecule has 0 radical (unpaired) electrons. The van der Waals surface area contributed by atoms with Crippen LogP contribution in [0.15, 0.2) is 24.3 Å². The Morgan fingerprint density at radius 2 is 2.00 bits per heavy atom. The summed E-state index contributed by atoms with van der Waals surface area (Å²) >= 11 is 0. The number of methoxy groups -OCH3 is 1. The Morgan fingerprint density at radius 1 is 1.35 bits per heavy atom. The van der Waals surface area contributed by atoms with Crippen LogP contribution in [-0.2, 0) is 9.53 Å². The van der Waals surface area contributed by atoms with Crippen molar-refractivity contribution in [3.8, 4) is 5.75 Å². The summed E-state index contributed by atoms with van der Waals surface area (Å²) < 4.78 is 9.66. The number of carbonyl (C=O) groups is 1. The molecule has 1 rings (SSSR count). The lowest BCUT2D eigenvalue weighted by molar-refractivity contribution is -0.156. The van der Waals surface area contributed by atoms with Crippen molar-refractivity contribution >= 4 is 5.97 Å². The molecule has 2 unspecified atom stereocenters. The Hall–Kier alpha value is -1.59. The molecule has 0 aliphatic heterocycles. The van der Waals surface area contributed by atoms with Crippen molar-refractivity contribution < 1.29 is 24.5 Å². The van der Waals surface area contributed by atoms with Gasteiger partial charge in [0.05, 0.1) is 13.7 Å². The van der Waals surface area contributed by atoms with Crippen LogP contribution >= 0.6 is 0 Å². The Bertz CT molecular complexity index is 377. The zero-order valence-electron chi connectivity index (χ0n) is 9.79. The molecule has 5 heteroatoms. The molecular formula is C12H16O5. The monoisotopic (exact) mass is 240 g/mol. The van der Waals surface area contributed by atoms with Gasteiger partial charge in [-0.25, -0.2) is 4.79 Å². The molecule has 17 heavy (non-hydrogen) atoms. The number of hydrogen-bond donors (Lipinski definition) is 2. The molecule has 0 aliphatic rings. The van der Waals surface area contributed by atoms with Crippen LogP contribution in [0.3, 0.4) is 0 Å². The van der Waals surface area contributed by atoms with Crippen LogP contribution in [0.1, 0.15) is 18.6 Å². The van der Waals surface area contributed by atoms with Crippen LogP contribution in [0.5, 0.6) is 5.75 Å². The molecule has 2 atom stereocenters. The highest BCUT2D eigenvalue weighted by Crippen LogP contribution is 2.27. The van der Waals surface area contributed by atoms with Gasteiger partial charge in [-0.1, -0.05) is 18.2 Å². The molecule has 0 amide bonds. The van der Waals surface area contributed by atoms with E-state index in [1.807, 2.05) is 0 Å². The average Bonchev–Trinajstić information content (AvgIpc) is 2.37. The summed E-state index contributed by atoms with van der Waals surface area (Å²) in [4.78, 5) is 11.1. The molecule has 0 heterocycles. The van der Waals surface area contributed by atoms with Gasteiger partial charge in [-0.2, -0.15) is 0 Å². The number of benzene rings is 1. The summed E-state index contributed by atoms with van der Waals surface area (Å²) in [5.41, 5.74) is 0.354. The largest absolute Gasteiger partial charge is 0.493 e. The molecule has 0 saturated heterocycles. The Labute approximate surface area is 99.6 Å². The lowest BCUT2D eigenvalue weighted by Gasteiger charge is -2.18. The maximum Gasteiger partial charge on any atom is 0.337 e. The van der Waals surface area contributed by atoms with Crippen LogP contribution in [0, 0.1) is 0 Å². The minimum atomic E-state index is -1.62. The van der Waals surface area contributed by atoms with Crippen molar-refractivity contribution in [2.45, 2.75) is 19.1 Å². The van der Waals surface area contributed by atoms with Crippen molar-refractivity contribution in [1.29, 1.82) is 0 Å². The molecule has 2 N–H and O–H groups in total.